The number of hydrogen-bond acceptors (Lipinski definition) is 2. The third kappa shape index (κ3) is 3.71. The van der Waals surface area contributed by atoms with E-state index in [9.17, 15) is 18.0 Å². The smallest absolute Gasteiger partial charge is 0.394 e. The summed E-state index contributed by atoms with van der Waals surface area (Å²) in [5, 5.41) is 11.2. The predicted octanol–water partition coefficient (Wildman–Crippen LogP) is 2.58. The Morgan fingerprint density at radius 1 is 1.50 bits per heavy atom. The minimum absolute atomic E-state index is 0.120. The van der Waals surface area contributed by atoms with E-state index in [4.69, 9.17) is 5.11 Å². The molecular weight excluding hydrogens is 315 g/mol. The van der Waals surface area contributed by atoms with Gasteiger partial charge in [-0.1, -0.05) is 0 Å². The van der Waals surface area contributed by atoms with E-state index >= 15 is 0 Å². The number of benzene rings is 1. The lowest BCUT2D eigenvalue weighted by molar-refractivity contribution is -0.137. The number of alkyl halides is 3. The molecule has 1 aromatic carbocycles. The van der Waals surface area contributed by atoms with Crippen molar-refractivity contribution in [1.82, 2.24) is 5.32 Å². The van der Waals surface area contributed by atoms with Gasteiger partial charge in [0.1, 0.15) is 0 Å². The van der Waals surface area contributed by atoms with Crippen molar-refractivity contribution in [1.29, 1.82) is 0 Å². The fraction of sp³-hybridized carbons (Fsp3) is 0.364. The van der Waals surface area contributed by atoms with Gasteiger partial charge in [0.05, 0.1) is 17.7 Å². The van der Waals surface area contributed by atoms with E-state index < -0.39 is 23.7 Å². The third-order valence-electron chi connectivity index (χ3n) is 2.19. The molecule has 0 bridgehead atoms. The van der Waals surface area contributed by atoms with Crippen molar-refractivity contribution in [2.45, 2.75) is 19.1 Å². The summed E-state index contributed by atoms with van der Waals surface area (Å²) in [6, 6.07) is 2.29. The summed E-state index contributed by atoms with van der Waals surface area (Å²) in [7, 11) is 0. The molecule has 0 fully saturated rings. The van der Waals surface area contributed by atoms with Crippen LogP contribution in [0.1, 0.15) is 22.8 Å². The second-order valence-corrected chi connectivity index (χ2v) is 4.60. The van der Waals surface area contributed by atoms with Crippen molar-refractivity contribution < 1.29 is 23.1 Å². The fourth-order valence-electron chi connectivity index (χ4n) is 1.22. The Morgan fingerprint density at radius 2 is 2.11 bits per heavy atom. The molecule has 0 spiro atoms. The van der Waals surface area contributed by atoms with Gasteiger partial charge < -0.3 is 10.4 Å². The van der Waals surface area contributed by atoms with Crippen LogP contribution in [0.5, 0.6) is 0 Å². The molecule has 0 aliphatic rings. The molecule has 100 valence electrons. The van der Waals surface area contributed by atoms with E-state index in [0.29, 0.717) is 0 Å². The molecule has 18 heavy (non-hydrogen) atoms. The molecule has 0 heterocycles. The van der Waals surface area contributed by atoms with Crippen LogP contribution >= 0.6 is 15.9 Å². The Bertz CT molecular complexity index is 448. The predicted molar refractivity (Wildman–Crippen MR) is 63.2 cm³/mol. The molecular formula is C11H11BrF3NO2. The summed E-state index contributed by atoms with van der Waals surface area (Å²) in [6.07, 6.45) is -4.50. The van der Waals surface area contributed by atoms with Gasteiger partial charge in [-0.15, -0.1) is 0 Å². The number of halogens is 4. The lowest BCUT2D eigenvalue weighted by Crippen LogP contribution is -2.35. The summed E-state index contributed by atoms with van der Waals surface area (Å²) < 4.78 is 37.8. The molecule has 1 amide bonds. The molecule has 1 atom stereocenters. The first-order chi connectivity index (χ1) is 8.25. The molecule has 0 saturated carbocycles. The molecule has 0 saturated heterocycles. The lowest BCUT2D eigenvalue weighted by Gasteiger charge is -2.13. The van der Waals surface area contributed by atoms with Gasteiger partial charge in [-0.25, -0.2) is 0 Å². The second kappa shape index (κ2) is 5.71. The quantitative estimate of drug-likeness (QED) is 0.897. The van der Waals surface area contributed by atoms with Crippen molar-refractivity contribution in [3.8, 4) is 0 Å². The standard InChI is InChI=1S/C11H11BrF3NO2/c1-6(5-17)16-10(18)8-4-7(11(13,14)15)2-3-9(8)12/h2-4,6,17H,5H2,1H3,(H,16,18)/t6-/m0/s1. The number of carbonyl (C=O) groups excluding carboxylic acids is 1. The molecule has 0 aliphatic heterocycles. The van der Waals surface area contributed by atoms with Crippen LogP contribution in [0.2, 0.25) is 0 Å². The van der Waals surface area contributed by atoms with Gasteiger partial charge in [0, 0.05) is 10.5 Å². The zero-order valence-corrected chi connectivity index (χ0v) is 11.0. The van der Waals surface area contributed by atoms with Crippen molar-refractivity contribution in [3.63, 3.8) is 0 Å². The van der Waals surface area contributed by atoms with Crippen LogP contribution in [0.25, 0.3) is 0 Å². The number of rotatable bonds is 3. The monoisotopic (exact) mass is 325 g/mol. The van der Waals surface area contributed by atoms with Crippen LogP contribution in [0.15, 0.2) is 22.7 Å². The maximum atomic E-state index is 12.5. The highest BCUT2D eigenvalue weighted by Crippen LogP contribution is 2.31. The lowest BCUT2D eigenvalue weighted by atomic mass is 10.1. The SMILES string of the molecule is C[C@@H](CO)NC(=O)c1cc(C(F)(F)F)ccc1Br. The van der Waals surface area contributed by atoms with Crippen LogP contribution in [0.3, 0.4) is 0 Å². The van der Waals surface area contributed by atoms with Gasteiger partial charge in [-0.2, -0.15) is 13.2 Å². The Hall–Kier alpha value is -1.08. The Balaban J connectivity index is 3.04. The third-order valence-corrected chi connectivity index (χ3v) is 2.88. The van der Waals surface area contributed by atoms with Crippen LogP contribution in [-0.2, 0) is 6.18 Å². The number of hydrogen-bond donors (Lipinski definition) is 2. The van der Waals surface area contributed by atoms with Crippen molar-refractivity contribution >= 4 is 21.8 Å². The Kier molecular flexibility index (Phi) is 4.75. The van der Waals surface area contributed by atoms with E-state index in [1.165, 1.54) is 6.07 Å². The van der Waals surface area contributed by atoms with E-state index in [1.807, 2.05) is 0 Å². The summed E-state index contributed by atoms with van der Waals surface area (Å²) in [5.41, 5.74) is -1.02. The minimum atomic E-state index is -4.50. The first-order valence-electron chi connectivity index (χ1n) is 5.04. The van der Waals surface area contributed by atoms with Crippen LogP contribution in [0, 0.1) is 0 Å². The van der Waals surface area contributed by atoms with E-state index in [2.05, 4.69) is 21.2 Å². The summed E-state index contributed by atoms with van der Waals surface area (Å²) in [4.78, 5) is 11.7. The normalized spacial score (nSPS) is 13.2. The van der Waals surface area contributed by atoms with Gasteiger partial charge in [0.2, 0.25) is 0 Å². The van der Waals surface area contributed by atoms with Crippen molar-refractivity contribution in [3.05, 3.63) is 33.8 Å². The first kappa shape index (κ1) is 15.0. The van der Waals surface area contributed by atoms with Crippen LogP contribution in [0.4, 0.5) is 13.2 Å². The molecule has 0 radical (unpaired) electrons. The maximum absolute atomic E-state index is 12.5. The summed E-state index contributed by atoms with van der Waals surface area (Å²) in [5.74, 6) is -0.672. The molecule has 0 aromatic heterocycles. The van der Waals surface area contributed by atoms with Crippen LogP contribution in [-0.4, -0.2) is 23.7 Å². The number of carbonyl (C=O) groups is 1. The molecule has 0 unspecified atom stereocenters. The number of amides is 1. The molecule has 7 heteroatoms. The number of aliphatic hydroxyl groups excluding tert-OH is 1. The number of nitrogens with one attached hydrogen (secondary N) is 1. The summed E-state index contributed by atoms with van der Waals surface area (Å²) in [6.45, 7) is 1.25. The van der Waals surface area contributed by atoms with Gasteiger partial charge in [-0.3, -0.25) is 4.79 Å². The molecule has 3 nitrogen and oxygen atoms in total. The topological polar surface area (TPSA) is 49.3 Å². The second-order valence-electron chi connectivity index (χ2n) is 3.75. The van der Waals surface area contributed by atoms with Crippen molar-refractivity contribution in [2.24, 2.45) is 0 Å². The molecule has 0 aliphatic carbocycles. The van der Waals surface area contributed by atoms with E-state index in [1.54, 1.807) is 6.92 Å². The average molecular weight is 326 g/mol. The first-order valence-corrected chi connectivity index (χ1v) is 5.83. The highest BCUT2D eigenvalue weighted by molar-refractivity contribution is 9.10. The highest BCUT2D eigenvalue weighted by atomic mass is 79.9. The number of aliphatic hydroxyl groups is 1. The fourth-order valence-corrected chi connectivity index (χ4v) is 1.65. The van der Waals surface area contributed by atoms with Gasteiger partial charge in [-0.05, 0) is 41.1 Å². The van der Waals surface area contributed by atoms with E-state index in [-0.39, 0.29) is 16.6 Å². The zero-order chi connectivity index (χ0) is 13.9. The van der Waals surface area contributed by atoms with Crippen LogP contribution < -0.4 is 5.32 Å². The molecule has 1 rings (SSSR count). The van der Waals surface area contributed by atoms with Gasteiger partial charge in [0.15, 0.2) is 0 Å². The van der Waals surface area contributed by atoms with Gasteiger partial charge >= 0.3 is 6.18 Å². The maximum Gasteiger partial charge on any atom is 0.416 e. The van der Waals surface area contributed by atoms with E-state index in [0.717, 1.165) is 12.1 Å². The van der Waals surface area contributed by atoms with Gasteiger partial charge in [0.25, 0.3) is 5.91 Å². The highest BCUT2D eigenvalue weighted by Gasteiger charge is 2.31. The van der Waals surface area contributed by atoms with Crippen molar-refractivity contribution in [2.75, 3.05) is 6.61 Å². The Labute approximate surface area is 110 Å². The molecule has 1 aromatic rings. The Morgan fingerprint density at radius 3 is 2.61 bits per heavy atom. The average Bonchev–Trinajstić information content (AvgIpc) is 2.27. The zero-order valence-electron chi connectivity index (χ0n) is 9.38. The molecule has 2 N–H and O–H groups in total. The summed E-state index contributed by atoms with van der Waals surface area (Å²) >= 11 is 3.02. The largest absolute Gasteiger partial charge is 0.416 e. The minimum Gasteiger partial charge on any atom is -0.394 e.